The molecular formula is C13H19FN2O. The van der Waals surface area contributed by atoms with Gasteiger partial charge in [-0.2, -0.15) is 0 Å². The van der Waals surface area contributed by atoms with E-state index >= 15 is 0 Å². The van der Waals surface area contributed by atoms with E-state index in [1.807, 2.05) is 0 Å². The fourth-order valence-electron chi connectivity index (χ4n) is 1.68. The average Bonchev–Trinajstić information content (AvgIpc) is 2.18. The number of carbonyl (C=O) groups excluding carboxylic acids is 1. The smallest absolute Gasteiger partial charge is 0.253 e. The standard InChI is InChI=1S/C13H19FN2O/c1-13(2,3)8-16(4)12(17)9-5-6-10(14)11(15)7-9/h5-7H,8,15H2,1-4H3. The molecule has 0 heterocycles. The number of benzene rings is 1. The van der Waals surface area contributed by atoms with Crippen LogP contribution in [0.5, 0.6) is 0 Å². The van der Waals surface area contributed by atoms with Gasteiger partial charge in [0.15, 0.2) is 0 Å². The molecule has 2 N–H and O–H groups in total. The van der Waals surface area contributed by atoms with Crippen LogP contribution in [-0.2, 0) is 0 Å². The monoisotopic (exact) mass is 238 g/mol. The summed E-state index contributed by atoms with van der Waals surface area (Å²) in [4.78, 5) is 13.7. The Labute approximate surface area is 101 Å². The molecular weight excluding hydrogens is 219 g/mol. The number of anilines is 1. The highest BCUT2D eigenvalue weighted by Crippen LogP contribution is 2.18. The fourth-order valence-corrected chi connectivity index (χ4v) is 1.68. The molecule has 0 atom stereocenters. The Morgan fingerprint density at radius 2 is 2.00 bits per heavy atom. The molecule has 0 aromatic heterocycles. The first-order valence-electron chi connectivity index (χ1n) is 5.51. The van der Waals surface area contributed by atoms with Gasteiger partial charge in [0.2, 0.25) is 0 Å². The number of carbonyl (C=O) groups is 1. The van der Waals surface area contributed by atoms with Gasteiger partial charge in [0.1, 0.15) is 5.82 Å². The van der Waals surface area contributed by atoms with Gasteiger partial charge in [-0.25, -0.2) is 4.39 Å². The molecule has 0 aliphatic carbocycles. The predicted octanol–water partition coefficient (Wildman–Crippen LogP) is 2.53. The predicted molar refractivity (Wildman–Crippen MR) is 67.2 cm³/mol. The molecule has 17 heavy (non-hydrogen) atoms. The van der Waals surface area contributed by atoms with Gasteiger partial charge in [0, 0.05) is 19.2 Å². The lowest BCUT2D eigenvalue weighted by atomic mass is 9.96. The van der Waals surface area contributed by atoms with E-state index in [0.29, 0.717) is 12.1 Å². The van der Waals surface area contributed by atoms with Crippen LogP contribution < -0.4 is 5.73 Å². The van der Waals surface area contributed by atoms with Gasteiger partial charge in [-0.3, -0.25) is 4.79 Å². The van der Waals surface area contributed by atoms with Crippen molar-refractivity contribution in [2.45, 2.75) is 20.8 Å². The van der Waals surface area contributed by atoms with Gasteiger partial charge in [0.05, 0.1) is 5.69 Å². The molecule has 1 aromatic carbocycles. The zero-order valence-corrected chi connectivity index (χ0v) is 10.7. The second kappa shape index (κ2) is 4.73. The van der Waals surface area contributed by atoms with Crippen molar-refractivity contribution in [3.63, 3.8) is 0 Å². The quantitative estimate of drug-likeness (QED) is 0.805. The Morgan fingerprint density at radius 3 is 2.47 bits per heavy atom. The molecule has 0 aliphatic rings. The summed E-state index contributed by atoms with van der Waals surface area (Å²) in [7, 11) is 1.73. The van der Waals surface area contributed by atoms with Crippen molar-refractivity contribution < 1.29 is 9.18 Å². The molecule has 3 nitrogen and oxygen atoms in total. The average molecular weight is 238 g/mol. The Balaban J connectivity index is 2.85. The van der Waals surface area contributed by atoms with Crippen LogP contribution in [0.4, 0.5) is 10.1 Å². The van der Waals surface area contributed by atoms with E-state index in [1.54, 1.807) is 11.9 Å². The summed E-state index contributed by atoms with van der Waals surface area (Å²) >= 11 is 0. The summed E-state index contributed by atoms with van der Waals surface area (Å²) in [5, 5.41) is 0. The highest BCUT2D eigenvalue weighted by atomic mass is 19.1. The molecule has 0 aliphatic heterocycles. The van der Waals surface area contributed by atoms with Gasteiger partial charge < -0.3 is 10.6 Å². The normalized spacial score (nSPS) is 11.4. The summed E-state index contributed by atoms with van der Waals surface area (Å²) in [6.07, 6.45) is 0. The van der Waals surface area contributed by atoms with Gasteiger partial charge >= 0.3 is 0 Å². The molecule has 0 unspecified atom stereocenters. The molecule has 0 radical (unpaired) electrons. The van der Waals surface area contributed by atoms with Crippen LogP contribution >= 0.6 is 0 Å². The molecule has 1 aromatic rings. The molecule has 0 saturated heterocycles. The minimum absolute atomic E-state index is 0.00000803. The lowest BCUT2D eigenvalue weighted by molar-refractivity contribution is 0.0745. The van der Waals surface area contributed by atoms with Crippen molar-refractivity contribution in [2.24, 2.45) is 5.41 Å². The summed E-state index contributed by atoms with van der Waals surface area (Å²) in [6, 6.07) is 4.04. The lowest BCUT2D eigenvalue weighted by Gasteiger charge is -2.26. The number of nitrogens with two attached hydrogens (primary N) is 1. The van der Waals surface area contributed by atoms with Crippen LogP contribution in [0.1, 0.15) is 31.1 Å². The molecule has 0 spiro atoms. The third-order valence-corrected chi connectivity index (χ3v) is 2.30. The molecule has 4 heteroatoms. The molecule has 1 amide bonds. The number of rotatable bonds is 2. The minimum Gasteiger partial charge on any atom is -0.396 e. The number of hydrogen-bond donors (Lipinski definition) is 1. The van der Waals surface area contributed by atoms with Crippen LogP contribution in [0.3, 0.4) is 0 Å². The maximum absolute atomic E-state index is 13.0. The molecule has 1 rings (SSSR count). The van der Waals surface area contributed by atoms with E-state index in [-0.39, 0.29) is 17.0 Å². The Hall–Kier alpha value is -1.58. The molecule has 0 saturated carbocycles. The van der Waals surface area contributed by atoms with E-state index in [2.05, 4.69) is 20.8 Å². The number of nitrogen functional groups attached to an aromatic ring is 1. The van der Waals surface area contributed by atoms with E-state index in [0.717, 1.165) is 0 Å². The van der Waals surface area contributed by atoms with Crippen molar-refractivity contribution in [3.05, 3.63) is 29.6 Å². The van der Waals surface area contributed by atoms with Crippen LogP contribution in [0.25, 0.3) is 0 Å². The molecule has 94 valence electrons. The van der Waals surface area contributed by atoms with E-state index in [4.69, 9.17) is 5.73 Å². The highest BCUT2D eigenvalue weighted by Gasteiger charge is 2.19. The Kier molecular flexibility index (Phi) is 3.76. The van der Waals surface area contributed by atoms with E-state index < -0.39 is 5.82 Å². The van der Waals surface area contributed by atoms with Gasteiger partial charge in [-0.15, -0.1) is 0 Å². The van der Waals surface area contributed by atoms with Gasteiger partial charge in [-0.05, 0) is 23.6 Å². The third-order valence-electron chi connectivity index (χ3n) is 2.30. The van der Waals surface area contributed by atoms with Crippen molar-refractivity contribution in [2.75, 3.05) is 19.3 Å². The first-order valence-corrected chi connectivity index (χ1v) is 5.51. The van der Waals surface area contributed by atoms with Crippen molar-refractivity contribution in [1.82, 2.24) is 4.90 Å². The minimum atomic E-state index is -0.500. The van der Waals surface area contributed by atoms with Gasteiger partial charge in [-0.1, -0.05) is 20.8 Å². The highest BCUT2D eigenvalue weighted by molar-refractivity contribution is 5.94. The van der Waals surface area contributed by atoms with Crippen molar-refractivity contribution in [1.29, 1.82) is 0 Å². The largest absolute Gasteiger partial charge is 0.396 e. The second-order valence-corrected chi connectivity index (χ2v) is 5.46. The van der Waals surface area contributed by atoms with Gasteiger partial charge in [0.25, 0.3) is 5.91 Å². The number of nitrogens with zero attached hydrogens (tertiary/aromatic N) is 1. The first kappa shape index (κ1) is 13.5. The third kappa shape index (κ3) is 3.73. The zero-order chi connectivity index (χ0) is 13.2. The topological polar surface area (TPSA) is 46.3 Å². The molecule has 0 bridgehead atoms. The van der Waals surface area contributed by atoms with Crippen LogP contribution in [0.2, 0.25) is 0 Å². The van der Waals surface area contributed by atoms with Crippen LogP contribution in [0.15, 0.2) is 18.2 Å². The summed E-state index contributed by atoms with van der Waals surface area (Å²) in [5.74, 6) is -0.647. The van der Waals surface area contributed by atoms with E-state index in [9.17, 15) is 9.18 Å². The summed E-state index contributed by atoms with van der Waals surface area (Å²) < 4.78 is 13.0. The second-order valence-electron chi connectivity index (χ2n) is 5.46. The van der Waals surface area contributed by atoms with Crippen molar-refractivity contribution in [3.8, 4) is 0 Å². The number of hydrogen-bond acceptors (Lipinski definition) is 2. The Bertz CT molecular complexity index is 424. The Morgan fingerprint density at radius 1 is 1.41 bits per heavy atom. The molecule has 0 fully saturated rings. The van der Waals surface area contributed by atoms with Crippen LogP contribution in [0, 0.1) is 11.2 Å². The lowest BCUT2D eigenvalue weighted by Crippen LogP contribution is -2.34. The van der Waals surface area contributed by atoms with Crippen molar-refractivity contribution >= 4 is 11.6 Å². The van der Waals surface area contributed by atoms with Crippen LogP contribution in [-0.4, -0.2) is 24.4 Å². The van der Waals surface area contributed by atoms with E-state index in [1.165, 1.54) is 18.2 Å². The zero-order valence-electron chi connectivity index (χ0n) is 10.7. The number of halogens is 1. The summed E-state index contributed by atoms with van der Waals surface area (Å²) in [6.45, 7) is 6.78. The number of amides is 1. The fraction of sp³-hybridized carbons (Fsp3) is 0.462. The first-order chi connectivity index (χ1) is 7.70. The summed E-state index contributed by atoms with van der Waals surface area (Å²) in [5.41, 5.74) is 5.88. The maximum atomic E-state index is 13.0. The maximum Gasteiger partial charge on any atom is 0.253 e. The SMILES string of the molecule is CN(CC(C)(C)C)C(=O)c1ccc(F)c(N)c1.